The van der Waals surface area contributed by atoms with E-state index in [1.54, 1.807) is 18.2 Å². The van der Waals surface area contributed by atoms with Crippen LogP contribution in [0.3, 0.4) is 0 Å². The van der Waals surface area contributed by atoms with E-state index in [1.165, 1.54) is 25.1 Å². The van der Waals surface area contributed by atoms with Crippen LogP contribution >= 0.6 is 11.6 Å². The first-order valence-electron chi connectivity index (χ1n) is 5.38. The topological polar surface area (TPSA) is 20.2 Å². The maximum Gasteiger partial charge on any atom is 0.165 e. The Balaban J connectivity index is 2.46. The van der Waals surface area contributed by atoms with Gasteiger partial charge < -0.3 is 5.11 Å². The highest BCUT2D eigenvalue weighted by Crippen LogP contribution is 2.28. The smallest absolute Gasteiger partial charge is 0.165 e. The number of aliphatic hydroxyl groups is 1. The van der Waals surface area contributed by atoms with Crippen LogP contribution in [0, 0.1) is 18.6 Å². The molecule has 0 radical (unpaired) electrons. The van der Waals surface area contributed by atoms with Crippen molar-refractivity contribution in [2.24, 2.45) is 0 Å². The minimum absolute atomic E-state index is 0.0969. The average molecular weight is 269 g/mol. The van der Waals surface area contributed by atoms with Crippen LogP contribution < -0.4 is 0 Å². The quantitative estimate of drug-likeness (QED) is 0.873. The van der Waals surface area contributed by atoms with E-state index in [0.717, 1.165) is 0 Å². The van der Waals surface area contributed by atoms with Gasteiger partial charge in [0.05, 0.1) is 0 Å². The second-order valence-electron chi connectivity index (χ2n) is 4.06. The molecule has 0 bridgehead atoms. The van der Waals surface area contributed by atoms with E-state index in [9.17, 15) is 13.9 Å². The summed E-state index contributed by atoms with van der Waals surface area (Å²) in [6, 6.07) is 9.21. The Morgan fingerprint density at radius 2 is 1.83 bits per heavy atom. The first-order chi connectivity index (χ1) is 8.50. The molecular weight excluding hydrogens is 258 g/mol. The maximum absolute atomic E-state index is 13.7. The maximum atomic E-state index is 13.7. The molecule has 0 amide bonds. The molecule has 1 nitrogen and oxygen atoms in total. The Hall–Kier alpha value is -1.45. The van der Waals surface area contributed by atoms with Crippen LogP contribution in [0.25, 0.3) is 0 Å². The predicted octanol–water partition coefficient (Wildman–Crippen LogP) is 4.01. The van der Waals surface area contributed by atoms with E-state index in [4.69, 9.17) is 11.6 Å². The van der Waals surface area contributed by atoms with Gasteiger partial charge in [-0.05, 0) is 30.2 Å². The van der Waals surface area contributed by atoms with Crippen molar-refractivity contribution in [3.8, 4) is 0 Å². The van der Waals surface area contributed by atoms with E-state index in [2.05, 4.69) is 0 Å². The minimum atomic E-state index is -1.24. The highest BCUT2D eigenvalue weighted by Gasteiger charge is 2.19. The van der Waals surface area contributed by atoms with Crippen molar-refractivity contribution in [3.05, 3.63) is 69.7 Å². The van der Waals surface area contributed by atoms with Gasteiger partial charge >= 0.3 is 0 Å². The van der Waals surface area contributed by atoms with Gasteiger partial charge in [0, 0.05) is 10.6 Å². The Morgan fingerprint density at radius 1 is 1.11 bits per heavy atom. The van der Waals surface area contributed by atoms with Gasteiger partial charge in [0.15, 0.2) is 11.6 Å². The summed E-state index contributed by atoms with van der Waals surface area (Å²) in [6.07, 6.45) is -1.24. The highest BCUT2D eigenvalue weighted by atomic mass is 35.5. The summed E-state index contributed by atoms with van der Waals surface area (Å²) in [5.41, 5.74) is 0.527. The third kappa shape index (κ3) is 2.37. The number of halogens is 3. The van der Waals surface area contributed by atoms with Crippen LogP contribution in [0.2, 0.25) is 5.02 Å². The lowest BCUT2D eigenvalue weighted by atomic mass is 9.99. The Kier molecular flexibility index (Phi) is 3.64. The fraction of sp³-hybridized carbons (Fsp3) is 0.143. The summed E-state index contributed by atoms with van der Waals surface area (Å²) in [4.78, 5) is 0. The Morgan fingerprint density at radius 3 is 2.50 bits per heavy atom. The molecule has 18 heavy (non-hydrogen) atoms. The van der Waals surface area contributed by atoms with Crippen LogP contribution in [-0.2, 0) is 0 Å². The summed E-state index contributed by atoms with van der Waals surface area (Å²) in [7, 11) is 0. The first-order valence-corrected chi connectivity index (χ1v) is 5.76. The van der Waals surface area contributed by atoms with Crippen LogP contribution in [0.5, 0.6) is 0 Å². The van der Waals surface area contributed by atoms with Crippen molar-refractivity contribution in [2.75, 3.05) is 0 Å². The standard InChI is InChI=1S/C14H11ClF2O/c1-8-5-6-11(13(17)12(8)16)14(18)9-3-2-4-10(15)7-9/h2-7,14,18H,1H3. The number of benzene rings is 2. The molecule has 2 aromatic carbocycles. The molecule has 0 aliphatic carbocycles. The van der Waals surface area contributed by atoms with Gasteiger partial charge in [-0.25, -0.2) is 8.78 Å². The number of aliphatic hydroxyl groups excluding tert-OH is 1. The third-order valence-corrected chi connectivity index (χ3v) is 3.00. The minimum Gasteiger partial charge on any atom is -0.384 e. The molecule has 0 saturated heterocycles. The van der Waals surface area contributed by atoms with Gasteiger partial charge in [-0.1, -0.05) is 35.9 Å². The van der Waals surface area contributed by atoms with Crippen LogP contribution in [0.4, 0.5) is 8.78 Å². The molecule has 0 spiro atoms. The summed E-state index contributed by atoms with van der Waals surface area (Å²) in [5, 5.41) is 10.5. The van der Waals surface area contributed by atoms with E-state index in [1.807, 2.05) is 0 Å². The Labute approximate surface area is 109 Å². The van der Waals surface area contributed by atoms with Gasteiger partial charge in [-0.2, -0.15) is 0 Å². The first kappa shape index (κ1) is 13.0. The van der Waals surface area contributed by atoms with Crippen molar-refractivity contribution >= 4 is 11.6 Å². The zero-order chi connectivity index (χ0) is 13.3. The van der Waals surface area contributed by atoms with E-state index < -0.39 is 17.7 Å². The summed E-state index contributed by atoms with van der Waals surface area (Å²) < 4.78 is 27.2. The SMILES string of the molecule is Cc1ccc(C(O)c2cccc(Cl)c2)c(F)c1F. The average Bonchev–Trinajstić information content (AvgIpc) is 2.35. The van der Waals surface area contributed by atoms with Crippen LogP contribution in [0.15, 0.2) is 36.4 Å². The third-order valence-electron chi connectivity index (χ3n) is 2.76. The molecule has 0 aromatic heterocycles. The molecule has 0 saturated carbocycles. The molecular formula is C14H11ClF2O. The summed E-state index contributed by atoms with van der Waals surface area (Å²) in [5.74, 6) is -1.96. The Bertz CT molecular complexity index is 584. The lowest BCUT2D eigenvalue weighted by Crippen LogP contribution is -2.05. The second-order valence-corrected chi connectivity index (χ2v) is 4.49. The largest absolute Gasteiger partial charge is 0.384 e. The molecule has 1 unspecified atom stereocenters. The number of hydrogen-bond acceptors (Lipinski definition) is 1. The molecule has 1 atom stereocenters. The van der Waals surface area contributed by atoms with Crippen molar-refractivity contribution in [3.63, 3.8) is 0 Å². The van der Waals surface area contributed by atoms with Crippen molar-refractivity contribution in [1.29, 1.82) is 0 Å². The number of aryl methyl sites for hydroxylation is 1. The van der Waals surface area contributed by atoms with Crippen molar-refractivity contribution in [1.82, 2.24) is 0 Å². The van der Waals surface area contributed by atoms with Crippen LogP contribution in [0.1, 0.15) is 22.8 Å². The zero-order valence-corrected chi connectivity index (χ0v) is 10.4. The summed E-state index contributed by atoms with van der Waals surface area (Å²) >= 11 is 5.79. The normalized spacial score (nSPS) is 12.5. The van der Waals surface area contributed by atoms with Gasteiger partial charge in [0.25, 0.3) is 0 Å². The lowest BCUT2D eigenvalue weighted by Gasteiger charge is -2.13. The molecule has 2 aromatic rings. The molecule has 94 valence electrons. The molecule has 0 aliphatic heterocycles. The summed E-state index contributed by atoms with van der Waals surface area (Å²) in [6.45, 7) is 1.47. The fourth-order valence-electron chi connectivity index (χ4n) is 1.73. The van der Waals surface area contributed by atoms with Gasteiger partial charge in [-0.3, -0.25) is 0 Å². The van der Waals surface area contributed by atoms with Crippen molar-refractivity contribution < 1.29 is 13.9 Å². The number of hydrogen-bond donors (Lipinski definition) is 1. The highest BCUT2D eigenvalue weighted by molar-refractivity contribution is 6.30. The second kappa shape index (κ2) is 5.04. The van der Waals surface area contributed by atoms with E-state index in [0.29, 0.717) is 10.6 Å². The van der Waals surface area contributed by atoms with Crippen molar-refractivity contribution in [2.45, 2.75) is 13.0 Å². The van der Waals surface area contributed by atoms with E-state index >= 15 is 0 Å². The van der Waals surface area contributed by atoms with Crippen LogP contribution in [-0.4, -0.2) is 5.11 Å². The van der Waals surface area contributed by atoms with E-state index in [-0.39, 0.29) is 11.1 Å². The number of rotatable bonds is 2. The van der Waals surface area contributed by atoms with Gasteiger partial charge in [-0.15, -0.1) is 0 Å². The molecule has 0 heterocycles. The molecule has 0 fully saturated rings. The fourth-order valence-corrected chi connectivity index (χ4v) is 1.93. The van der Waals surface area contributed by atoms with Gasteiger partial charge in [0.2, 0.25) is 0 Å². The molecule has 4 heteroatoms. The molecule has 2 rings (SSSR count). The molecule has 1 N–H and O–H groups in total. The molecule has 0 aliphatic rings. The predicted molar refractivity (Wildman–Crippen MR) is 66.6 cm³/mol. The van der Waals surface area contributed by atoms with Gasteiger partial charge in [0.1, 0.15) is 6.10 Å². The zero-order valence-electron chi connectivity index (χ0n) is 9.62. The monoisotopic (exact) mass is 268 g/mol. The lowest BCUT2D eigenvalue weighted by molar-refractivity contribution is 0.213.